The van der Waals surface area contributed by atoms with E-state index in [1.54, 1.807) is 36.2 Å². The van der Waals surface area contributed by atoms with E-state index in [0.29, 0.717) is 12.8 Å². The molecule has 0 bridgehead atoms. The standard InChI is InChI=1S/C22H20FN3O6/c1-26(10-13-4-6-14(23)7-5-13)11-16-17(12-27)20(30)19-15(3-2-8-24-19)21(16)32-22(31)25-9-18(28)29/h2-8,12,30H,9-11H2,1H3,(H,25,31)(H,28,29). The van der Waals surface area contributed by atoms with Gasteiger partial charge in [0.25, 0.3) is 0 Å². The summed E-state index contributed by atoms with van der Waals surface area (Å²) in [6, 6.07) is 9.01. The third kappa shape index (κ3) is 5.16. The van der Waals surface area contributed by atoms with Crippen molar-refractivity contribution in [1.82, 2.24) is 15.2 Å². The molecule has 0 saturated carbocycles. The van der Waals surface area contributed by atoms with Crippen molar-refractivity contribution in [3.05, 3.63) is 65.1 Å². The van der Waals surface area contributed by atoms with E-state index in [4.69, 9.17) is 9.84 Å². The van der Waals surface area contributed by atoms with E-state index in [1.807, 2.05) is 0 Å². The zero-order chi connectivity index (χ0) is 23.3. The maximum absolute atomic E-state index is 13.2. The Kier molecular flexibility index (Phi) is 6.96. The Bertz CT molecular complexity index is 1170. The van der Waals surface area contributed by atoms with Gasteiger partial charge in [0, 0.05) is 30.2 Å². The first-order valence-corrected chi connectivity index (χ1v) is 9.48. The molecule has 1 amide bonds. The number of aldehydes is 1. The van der Waals surface area contributed by atoms with Crippen LogP contribution in [0.25, 0.3) is 10.9 Å². The van der Waals surface area contributed by atoms with Crippen molar-refractivity contribution in [2.24, 2.45) is 0 Å². The van der Waals surface area contributed by atoms with Gasteiger partial charge in [-0.25, -0.2) is 9.18 Å². The number of carbonyl (C=O) groups excluding carboxylic acids is 2. The van der Waals surface area contributed by atoms with Crippen molar-refractivity contribution in [1.29, 1.82) is 0 Å². The number of carboxylic acids is 1. The van der Waals surface area contributed by atoms with Crippen LogP contribution >= 0.6 is 0 Å². The van der Waals surface area contributed by atoms with E-state index in [1.165, 1.54) is 18.3 Å². The van der Waals surface area contributed by atoms with Crippen LogP contribution in [0, 0.1) is 5.82 Å². The number of nitrogens with zero attached hydrogens (tertiary/aromatic N) is 2. The summed E-state index contributed by atoms with van der Waals surface area (Å²) in [5.74, 6) is -2.01. The fourth-order valence-electron chi connectivity index (χ4n) is 3.24. The number of aromatic hydroxyl groups is 1. The van der Waals surface area contributed by atoms with Crippen LogP contribution in [-0.4, -0.2) is 52.0 Å². The molecule has 0 unspecified atom stereocenters. The summed E-state index contributed by atoms with van der Waals surface area (Å²) in [6.07, 6.45) is 0.806. The Balaban J connectivity index is 2.01. The lowest BCUT2D eigenvalue weighted by Crippen LogP contribution is -2.32. The van der Waals surface area contributed by atoms with Crippen LogP contribution < -0.4 is 10.1 Å². The summed E-state index contributed by atoms with van der Waals surface area (Å²) in [6.45, 7) is -0.214. The van der Waals surface area contributed by atoms with Crippen LogP contribution in [0.15, 0.2) is 42.6 Å². The molecular weight excluding hydrogens is 421 g/mol. The number of halogens is 1. The number of fused-ring (bicyclic) bond motifs is 1. The molecule has 2 aromatic carbocycles. The van der Waals surface area contributed by atoms with Crippen LogP contribution in [0.5, 0.6) is 11.5 Å². The van der Waals surface area contributed by atoms with Crippen LogP contribution in [0.2, 0.25) is 0 Å². The number of hydrogen-bond donors (Lipinski definition) is 3. The Morgan fingerprint density at radius 1 is 1.22 bits per heavy atom. The fraction of sp³-hybridized carbons (Fsp3) is 0.182. The summed E-state index contributed by atoms with van der Waals surface area (Å²) in [5.41, 5.74) is 0.965. The molecular formula is C22H20FN3O6. The molecule has 9 nitrogen and oxygen atoms in total. The number of ether oxygens (including phenoxy) is 1. The van der Waals surface area contributed by atoms with Crippen molar-refractivity contribution in [2.75, 3.05) is 13.6 Å². The highest BCUT2D eigenvalue weighted by molar-refractivity contribution is 6.00. The van der Waals surface area contributed by atoms with E-state index < -0.39 is 18.6 Å². The number of carbonyl (C=O) groups is 3. The molecule has 3 aromatic rings. The van der Waals surface area contributed by atoms with Crippen molar-refractivity contribution in [3.63, 3.8) is 0 Å². The molecule has 1 aromatic heterocycles. The van der Waals surface area contributed by atoms with Gasteiger partial charge in [-0.3, -0.25) is 19.5 Å². The van der Waals surface area contributed by atoms with Gasteiger partial charge >= 0.3 is 12.1 Å². The fourth-order valence-corrected chi connectivity index (χ4v) is 3.24. The normalized spacial score (nSPS) is 10.8. The highest BCUT2D eigenvalue weighted by Gasteiger charge is 2.24. The number of rotatable bonds is 8. The van der Waals surface area contributed by atoms with Crippen LogP contribution in [0.1, 0.15) is 21.5 Å². The van der Waals surface area contributed by atoms with Gasteiger partial charge in [0.2, 0.25) is 0 Å². The summed E-state index contributed by atoms with van der Waals surface area (Å²) >= 11 is 0. The number of amides is 1. The zero-order valence-corrected chi connectivity index (χ0v) is 17.0. The van der Waals surface area contributed by atoms with Gasteiger partial charge in [-0.05, 0) is 36.9 Å². The van der Waals surface area contributed by atoms with Gasteiger partial charge in [-0.2, -0.15) is 0 Å². The molecule has 10 heteroatoms. The zero-order valence-electron chi connectivity index (χ0n) is 17.0. The molecule has 3 rings (SSSR count). The third-order valence-corrected chi connectivity index (χ3v) is 4.62. The number of nitrogens with one attached hydrogen (secondary N) is 1. The molecule has 32 heavy (non-hydrogen) atoms. The molecule has 166 valence electrons. The van der Waals surface area contributed by atoms with Crippen LogP contribution in [0.3, 0.4) is 0 Å². The number of pyridine rings is 1. The Morgan fingerprint density at radius 3 is 2.59 bits per heavy atom. The van der Waals surface area contributed by atoms with E-state index in [-0.39, 0.29) is 45.9 Å². The van der Waals surface area contributed by atoms with Gasteiger partial charge < -0.3 is 20.3 Å². The van der Waals surface area contributed by atoms with Gasteiger partial charge in [0.05, 0.1) is 5.56 Å². The summed E-state index contributed by atoms with van der Waals surface area (Å²) < 4.78 is 18.5. The number of phenols is 1. The maximum atomic E-state index is 13.2. The molecule has 0 spiro atoms. The molecule has 0 aliphatic rings. The lowest BCUT2D eigenvalue weighted by Gasteiger charge is -2.22. The Labute approximate surface area is 182 Å². The molecule has 0 atom stereocenters. The number of hydrogen-bond acceptors (Lipinski definition) is 7. The first-order valence-electron chi connectivity index (χ1n) is 9.48. The van der Waals surface area contributed by atoms with E-state index in [0.717, 1.165) is 5.56 Å². The highest BCUT2D eigenvalue weighted by atomic mass is 19.1. The summed E-state index contributed by atoms with van der Waals surface area (Å²) in [7, 11) is 1.73. The topological polar surface area (TPSA) is 129 Å². The molecule has 0 fully saturated rings. The van der Waals surface area contributed by atoms with Crippen LogP contribution in [0.4, 0.5) is 9.18 Å². The van der Waals surface area contributed by atoms with Gasteiger partial charge in [0.1, 0.15) is 23.6 Å². The maximum Gasteiger partial charge on any atom is 0.413 e. The number of aliphatic carboxylic acids is 1. The average Bonchev–Trinajstić information content (AvgIpc) is 2.77. The van der Waals surface area contributed by atoms with Crippen molar-refractivity contribution >= 4 is 29.3 Å². The monoisotopic (exact) mass is 441 g/mol. The molecule has 3 N–H and O–H groups in total. The number of aromatic nitrogens is 1. The molecule has 0 radical (unpaired) electrons. The van der Waals surface area contributed by atoms with Gasteiger partial charge in [-0.15, -0.1) is 0 Å². The smallest absolute Gasteiger partial charge is 0.413 e. The number of phenolic OH excluding ortho intramolecular Hbond substituents is 1. The van der Waals surface area contributed by atoms with Crippen LogP contribution in [-0.2, 0) is 17.9 Å². The SMILES string of the molecule is CN(Cc1ccc(F)cc1)Cc1c(C=O)c(O)c2ncccc2c1OC(=O)NCC(=O)O. The van der Waals surface area contributed by atoms with Crippen molar-refractivity contribution in [3.8, 4) is 11.5 Å². The minimum absolute atomic E-state index is 0.0261. The number of carboxylic acid groups (broad SMARTS) is 1. The Hall–Kier alpha value is -4.05. The first kappa shape index (κ1) is 22.6. The Morgan fingerprint density at radius 2 is 1.94 bits per heavy atom. The summed E-state index contributed by atoms with van der Waals surface area (Å²) in [4.78, 5) is 40.6. The lowest BCUT2D eigenvalue weighted by atomic mass is 10.0. The quantitative estimate of drug-likeness (QED) is 0.455. The van der Waals surface area contributed by atoms with E-state index in [2.05, 4.69) is 10.3 Å². The molecule has 0 aliphatic carbocycles. The van der Waals surface area contributed by atoms with Gasteiger partial charge in [-0.1, -0.05) is 12.1 Å². The van der Waals surface area contributed by atoms with Gasteiger partial charge in [0.15, 0.2) is 12.0 Å². The lowest BCUT2D eigenvalue weighted by molar-refractivity contribution is -0.135. The second-order valence-corrected chi connectivity index (χ2v) is 7.02. The predicted molar refractivity (Wildman–Crippen MR) is 112 cm³/mol. The molecule has 1 heterocycles. The minimum atomic E-state index is -1.26. The van der Waals surface area contributed by atoms with E-state index in [9.17, 15) is 23.9 Å². The second kappa shape index (κ2) is 9.84. The number of benzene rings is 2. The predicted octanol–water partition coefficient (Wildman–Crippen LogP) is 2.70. The van der Waals surface area contributed by atoms with Crippen molar-refractivity contribution < 1.29 is 33.7 Å². The van der Waals surface area contributed by atoms with E-state index >= 15 is 0 Å². The molecule has 0 saturated heterocycles. The highest BCUT2D eigenvalue weighted by Crippen LogP contribution is 2.39. The average molecular weight is 441 g/mol. The van der Waals surface area contributed by atoms with Crippen molar-refractivity contribution in [2.45, 2.75) is 13.1 Å². The largest absolute Gasteiger partial charge is 0.505 e. The minimum Gasteiger partial charge on any atom is -0.505 e. The molecule has 0 aliphatic heterocycles. The third-order valence-electron chi connectivity index (χ3n) is 4.62. The summed E-state index contributed by atoms with van der Waals surface area (Å²) in [5, 5.41) is 21.7. The second-order valence-electron chi connectivity index (χ2n) is 7.02. The first-order chi connectivity index (χ1) is 15.3.